The first-order chi connectivity index (χ1) is 19.2. The SMILES string of the molecule is CCCCCCCCCCCCCCCCNCCCNCCC(=O)NCCCNC(=O)CCNCCCN. The molecule has 0 fully saturated rings. The Bertz CT molecular complexity index is 521. The summed E-state index contributed by atoms with van der Waals surface area (Å²) in [6, 6.07) is 0. The molecular weight excluding hydrogens is 488 g/mol. The molecule has 0 aromatic rings. The third-order valence-corrected chi connectivity index (χ3v) is 7.03. The molecule has 2 amide bonds. The second-order valence-electron chi connectivity index (χ2n) is 10.9. The number of unbranched alkanes of at least 4 members (excludes halogenated alkanes) is 13. The average Bonchev–Trinajstić information content (AvgIpc) is 2.93. The van der Waals surface area contributed by atoms with E-state index in [4.69, 9.17) is 5.73 Å². The number of hydrogen-bond donors (Lipinski definition) is 6. The van der Waals surface area contributed by atoms with Crippen molar-refractivity contribution in [2.45, 2.75) is 129 Å². The summed E-state index contributed by atoms with van der Waals surface area (Å²) in [4.78, 5) is 23.6. The Morgan fingerprint density at radius 2 is 0.795 bits per heavy atom. The van der Waals surface area contributed by atoms with E-state index in [-0.39, 0.29) is 11.8 Å². The number of carbonyl (C=O) groups is 2. The number of carbonyl (C=O) groups excluding carboxylic acids is 2. The first kappa shape index (κ1) is 37.8. The highest BCUT2D eigenvalue weighted by molar-refractivity contribution is 5.76. The fraction of sp³-hybridized carbons (Fsp3) is 0.935. The molecule has 0 rings (SSSR count). The molecular formula is C31H66N6O2. The van der Waals surface area contributed by atoms with Gasteiger partial charge in [0.05, 0.1) is 0 Å². The van der Waals surface area contributed by atoms with Gasteiger partial charge in [-0.15, -0.1) is 0 Å². The van der Waals surface area contributed by atoms with Gasteiger partial charge in [0, 0.05) is 39.0 Å². The summed E-state index contributed by atoms with van der Waals surface area (Å²) in [5.74, 6) is 0.105. The molecule has 0 saturated carbocycles. The van der Waals surface area contributed by atoms with Gasteiger partial charge < -0.3 is 32.3 Å². The van der Waals surface area contributed by atoms with Gasteiger partial charge in [-0.05, 0) is 58.4 Å². The van der Waals surface area contributed by atoms with Gasteiger partial charge in [-0.3, -0.25) is 9.59 Å². The zero-order valence-corrected chi connectivity index (χ0v) is 25.7. The van der Waals surface area contributed by atoms with Gasteiger partial charge >= 0.3 is 0 Å². The summed E-state index contributed by atoms with van der Waals surface area (Å²) in [6.07, 6.45) is 23.4. The molecule has 0 saturated heterocycles. The second-order valence-corrected chi connectivity index (χ2v) is 10.9. The molecule has 0 radical (unpaired) electrons. The molecule has 0 atom stereocenters. The Balaban J connectivity index is 3.20. The molecule has 0 aliphatic heterocycles. The quantitative estimate of drug-likeness (QED) is 0.0687. The molecule has 39 heavy (non-hydrogen) atoms. The first-order valence-corrected chi connectivity index (χ1v) is 16.6. The molecule has 0 bridgehead atoms. The van der Waals surface area contributed by atoms with Crippen molar-refractivity contribution in [3.63, 3.8) is 0 Å². The molecule has 0 spiro atoms. The van der Waals surface area contributed by atoms with E-state index >= 15 is 0 Å². The molecule has 8 heteroatoms. The Hall–Kier alpha value is -1.22. The van der Waals surface area contributed by atoms with Crippen LogP contribution in [-0.4, -0.2) is 70.7 Å². The molecule has 7 N–H and O–H groups in total. The smallest absolute Gasteiger partial charge is 0.221 e. The summed E-state index contributed by atoms with van der Waals surface area (Å²) in [7, 11) is 0. The van der Waals surface area contributed by atoms with E-state index in [1.165, 1.54) is 89.9 Å². The minimum Gasteiger partial charge on any atom is -0.356 e. The van der Waals surface area contributed by atoms with E-state index in [0.717, 1.165) is 45.4 Å². The fourth-order valence-corrected chi connectivity index (χ4v) is 4.51. The van der Waals surface area contributed by atoms with Crippen LogP contribution in [-0.2, 0) is 9.59 Å². The van der Waals surface area contributed by atoms with E-state index < -0.39 is 0 Å². The summed E-state index contributed by atoms with van der Waals surface area (Å²) < 4.78 is 0. The molecule has 8 nitrogen and oxygen atoms in total. The Morgan fingerprint density at radius 3 is 1.26 bits per heavy atom. The van der Waals surface area contributed by atoms with Gasteiger partial charge in [-0.2, -0.15) is 0 Å². The van der Waals surface area contributed by atoms with Gasteiger partial charge in [-0.25, -0.2) is 0 Å². The van der Waals surface area contributed by atoms with Crippen molar-refractivity contribution in [1.82, 2.24) is 26.6 Å². The molecule has 0 aliphatic rings. The van der Waals surface area contributed by atoms with Crippen LogP contribution in [0.15, 0.2) is 0 Å². The van der Waals surface area contributed by atoms with E-state index in [1.807, 2.05) is 0 Å². The zero-order chi connectivity index (χ0) is 28.5. The number of nitrogens with one attached hydrogen (secondary N) is 5. The molecule has 0 unspecified atom stereocenters. The van der Waals surface area contributed by atoms with Crippen molar-refractivity contribution >= 4 is 11.8 Å². The van der Waals surface area contributed by atoms with Crippen LogP contribution in [0.5, 0.6) is 0 Å². The van der Waals surface area contributed by atoms with Crippen molar-refractivity contribution in [3.05, 3.63) is 0 Å². The van der Waals surface area contributed by atoms with Gasteiger partial charge in [0.25, 0.3) is 0 Å². The van der Waals surface area contributed by atoms with Crippen LogP contribution in [0.25, 0.3) is 0 Å². The Labute approximate surface area is 241 Å². The van der Waals surface area contributed by atoms with Crippen molar-refractivity contribution < 1.29 is 9.59 Å². The van der Waals surface area contributed by atoms with Gasteiger partial charge in [-0.1, -0.05) is 90.4 Å². The predicted octanol–water partition coefficient (Wildman–Crippen LogP) is 4.38. The lowest BCUT2D eigenvalue weighted by Crippen LogP contribution is -2.33. The predicted molar refractivity (Wildman–Crippen MR) is 167 cm³/mol. The largest absolute Gasteiger partial charge is 0.356 e. The maximum atomic E-state index is 11.9. The maximum Gasteiger partial charge on any atom is 0.221 e. The highest BCUT2D eigenvalue weighted by Gasteiger charge is 2.02. The van der Waals surface area contributed by atoms with E-state index in [0.29, 0.717) is 45.6 Å². The Kier molecular flexibility index (Phi) is 32.0. The summed E-state index contributed by atoms with van der Waals surface area (Å²) in [6.45, 7) is 9.45. The monoisotopic (exact) mass is 555 g/mol. The molecule has 0 aromatic heterocycles. The van der Waals surface area contributed by atoms with Crippen LogP contribution in [0.2, 0.25) is 0 Å². The topological polar surface area (TPSA) is 120 Å². The third kappa shape index (κ3) is 32.9. The van der Waals surface area contributed by atoms with Crippen molar-refractivity contribution in [2.24, 2.45) is 5.73 Å². The normalized spacial score (nSPS) is 11.1. The molecule has 232 valence electrons. The van der Waals surface area contributed by atoms with Gasteiger partial charge in [0.15, 0.2) is 0 Å². The number of nitrogens with two attached hydrogens (primary N) is 1. The van der Waals surface area contributed by atoms with Crippen LogP contribution < -0.4 is 32.3 Å². The van der Waals surface area contributed by atoms with Crippen molar-refractivity contribution in [3.8, 4) is 0 Å². The number of hydrogen-bond acceptors (Lipinski definition) is 6. The second kappa shape index (κ2) is 33.0. The van der Waals surface area contributed by atoms with Crippen LogP contribution in [0.3, 0.4) is 0 Å². The van der Waals surface area contributed by atoms with Crippen LogP contribution in [0.4, 0.5) is 0 Å². The molecule has 0 aliphatic carbocycles. The third-order valence-electron chi connectivity index (χ3n) is 7.03. The lowest BCUT2D eigenvalue weighted by atomic mass is 10.0. The lowest BCUT2D eigenvalue weighted by Gasteiger charge is -2.08. The summed E-state index contributed by atoms with van der Waals surface area (Å²) in [5.41, 5.74) is 5.43. The standard InChI is InChI=1S/C31H66N6O2/c1-2-3-4-5-6-7-8-9-10-11-12-13-14-15-22-33-24-17-25-35-29-20-31(39)37-27-18-26-36-30(38)19-28-34-23-16-21-32/h33-35H,2-29,32H2,1H3,(H,36,38)(H,37,39). The fourth-order valence-electron chi connectivity index (χ4n) is 4.51. The average molecular weight is 555 g/mol. The van der Waals surface area contributed by atoms with Crippen LogP contribution in [0, 0.1) is 0 Å². The zero-order valence-electron chi connectivity index (χ0n) is 25.7. The summed E-state index contributed by atoms with van der Waals surface area (Å²) >= 11 is 0. The first-order valence-electron chi connectivity index (χ1n) is 16.6. The van der Waals surface area contributed by atoms with Crippen molar-refractivity contribution in [2.75, 3.05) is 58.9 Å². The lowest BCUT2D eigenvalue weighted by molar-refractivity contribution is -0.121. The van der Waals surface area contributed by atoms with Gasteiger partial charge in [0.2, 0.25) is 11.8 Å². The highest BCUT2D eigenvalue weighted by atomic mass is 16.2. The van der Waals surface area contributed by atoms with Crippen LogP contribution >= 0.6 is 0 Å². The maximum absolute atomic E-state index is 11.9. The highest BCUT2D eigenvalue weighted by Crippen LogP contribution is 2.12. The van der Waals surface area contributed by atoms with Crippen LogP contribution in [0.1, 0.15) is 129 Å². The minimum absolute atomic E-state index is 0.0415. The number of rotatable bonds is 32. The van der Waals surface area contributed by atoms with Gasteiger partial charge in [0.1, 0.15) is 0 Å². The van der Waals surface area contributed by atoms with E-state index in [9.17, 15) is 9.59 Å². The van der Waals surface area contributed by atoms with Crippen molar-refractivity contribution in [1.29, 1.82) is 0 Å². The van der Waals surface area contributed by atoms with E-state index in [1.54, 1.807) is 0 Å². The molecule has 0 heterocycles. The molecule has 0 aromatic carbocycles. The van der Waals surface area contributed by atoms with E-state index in [2.05, 4.69) is 33.5 Å². The number of amides is 2. The Morgan fingerprint density at radius 1 is 0.436 bits per heavy atom. The summed E-state index contributed by atoms with van der Waals surface area (Å²) in [5, 5.41) is 15.9. The minimum atomic E-state index is 0.0415.